The number of halogens is 1. The van der Waals surface area contributed by atoms with Gasteiger partial charge < -0.3 is 10.2 Å². The molecule has 0 aliphatic carbocycles. The average molecular weight is 441 g/mol. The first-order chi connectivity index (χ1) is 15.0. The molecule has 2 heterocycles. The second kappa shape index (κ2) is 9.49. The van der Waals surface area contributed by atoms with E-state index in [-0.39, 0.29) is 12.5 Å². The maximum absolute atomic E-state index is 12.3. The number of piperazine rings is 1. The summed E-state index contributed by atoms with van der Waals surface area (Å²) in [5.74, 6) is -1.13. The number of amides is 3. The molecule has 1 N–H and O–H groups in total. The van der Waals surface area contributed by atoms with E-state index in [9.17, 15) is 14.4 Å². The summed E-state index contributed by atoms with van der Waals surface area (Å²) in [6.45, 7) is 4.99. The molecule has 1 fully saturated rings. The summed E-state index contributed by atoms with van der Waals surface area (Å²) in [4.78, 5) is 42.6. The first kappa shape index (κ1) is 21.3. The molecule has 2 aliphatic heterocycles. The number of hydrogen-bond donors (Lipinski definition) is 1. The number of benzene rings is 2. The molecule has 7 nitrogen and oxygen atoms in total. The molecule has 0 bridgehead atoms. The monoisotopic (exact) mass is 440 g/mol. The molecule has 31 heavy (non-hydrogen) atoms. The summed E-state index contributed by atoms with van der Waals surface area (Å²) in [6.07, 6.45) is 0.814. The van der Waals surface area contributed by atoms with Crippen LogP contribution in [-0.2, 0) is 4.79 Å². The summed E-state index contributed by atoms with van der Waals surface area (Å²) < 4.78 is 0. The number of carbonyl (C=O) groups excluding carboxylic acids is 3. The van der Waals surface area contributed by atoms with Gasteiger partial charge >= 0.3 is 0 Å². The van der Waals surface area contributed by atoms with Gasteiger partial charge in [-0.05, 0) is 49.4 Å². The molecule has 0 saturated carbocycles. The summed E-state index contributed by atoms with van der Waals surface area (Å²) in [5.41, 5.74) is 1.90. The standard InChI is InChI=1S/C23H25ClN4O3/c24-17-6-8-18(9-7-17)27-14-12-26(13-15-27)11-3-10-25-21(29)16-28-22(30)19-4-1-2-5-20(19)23(28)31/h1-2,4-9H,3,10-16H2,(H,25,29). The van der Waals surface area contributed by atoms with Crippen LogP contribution in [0.25, 0.3) is 0 Å². The highest BCUT2D eigenvalue weighted by atomic mass is 35.5. The van der Waals surface area contributed by atoms with Crippen molar-refractivity contribution in [1.82, 2.24) is 15.1 Å². The maximum atomic E-state index is 12.3. The quantitative estimate of drug-likeness (QED) is 0.528. The lowest BCUT2D eigenvalue weighted by molar-refractivity contribution is -0.121. The Hall–Kier alpha value is -2.90. The largest absolute Gasteiger partial charge is 0.369 e. The van der Waals surface area contributed by atoms with Crippen molar-refractivity contribution in [2.24, 2.45) is 0 Å². The number of nitrogens with zero attached hydrogens (tertiary/aromatic N) is 3. The predicted molar refractivity (Wildman–Crippen MR) is 120 cm³/mol. The Morgan fingerprint density at radius 3 is 2.13 bits per heavy atom. The highest BCUT2D eigenvalue weighted by Crippen LogP contribution is 2.22. The van der Waals surface area contributed by atoms with Gasteiger partial charge in [0.25, 0.3) is 11.8 Å². The highest BCUT2D eigenvalue weighted by molar-refractivity contribution is 6.30. The molecular formula is C23H25ClN4O3. The van der Waals surface area contributed by atoms with Crippen LogP contribution < -0.4 is 10.2 Å². The van der Waals surface area contributed by atoms with Crippen molar-refractivity contribution >= 4 is 35.0 Å². The van der Waals surface area contributed by atoms with Gasteiger partial charge in [-0.15, -0.1) is 0 Å². The van der Waals surface area contributed by atoms with E-state index in [2.05, 4.69) is 15.1 Å². The van der Waals surface area contributed by atoms with Crippen LogP contribution in [0, 0.1) is 0 Å². The third-order valence-corrected chi connectivity index (χ3v) is 5.97. The smallest absolute Gasteiger partial charge is 0.262 e. The highest BCUT2D eigenvalue weighted by Gasteiger charge is 2.36. The Balaban J connectivity index is 1.15. The minimum Gasteiger partial charge on any atom is -0.369 e. The fourth-order valence-corrected chi connectivity index (χ4v) is 4.12. The van der Waals surface area contributed by atoms with Crippen molar-refractivity contribution in [3.63, 3.8) is 0 Å². The SMILES string of the molecule is O=C(CN1C(=O)c2ccccc2C1=O)NCCCN1CCN(c2ccc(Cl)cc2)CC1. The predicted octanol–water partition coefficient (Wildman–Crippen LogP) is 2.26. The van der Waals surface area contributed by atoms with Gasteiger partial charge in [0.05, 0.1) is 11.1 Å². The summed E-state index contributed by atoms with van der Waals surface area (Å²) in [5, 5.41) is 3.57. The zero-order valence-corrected chi connectivity index (χ0v) is 18.0. The molecule has 3 amide bonds. The number of fused-ring (bicyclic) bond motifs is 1. The first-order valence-electron chi connectivity index (χ1n) is 10.5. The van der Waals surface area contributed by atoms with E-state index >= 15 is 0 Å². The molecule has 0 atom stereocenters. The minimum atomic E-state index is -0.408. The van der Waals surface area contributed by atoms with Gasteiger partial charge in [0, 0.05) is 43.4 Å². The Morgan fingerprint density at radius 2 is 1.52 bits per heavy atom. The summed E-state index contributed by atoms with van der Waals surface area (Å²) in [7, 11) is 0. The first-order valence-corrected chi connectivity index (χ1v) is 10.9. The van der Waals surface area contributed by atoms with Crippen LogP contribution >= 0.6 is 11.6 Å². The number of hydrogen-bond acceptors (Lipinski definition) is 5. The normalized spacial score (nSPS) is 16.5. The van der Waals surface area contributed by atoms with Crippen LogP contribution in [0.4, 0.5) is 5.69 Å². The molecule has 0 aromatic heterocycles. The third kappa shape index (κ3) is 4.89. The fourth-order valence-electron chi connectivity index (χ4n) is 3.99. The van der Waals surface area contributed by atoms with Gasteiger partial charge in [0.1, 0.15) is 6.54 Å². The van der Waals surface area contributed by atoms with Crippen molar-refractivity contribution in [2.45, 2.75) is 6.42 Å². The summed E-state index contributed by atoms with van der Waals surface area (Å²) in [6, 6.07) is 14.6. The van der Waals surface area contributed by atoms with Crippen molar-refractivity contribution in [2.75, 3.05) is 50.7 Å². The van der Waals surface area contributed by atoms with Gasteiger partial charge in [0.15, 0.2) is 0 Å². The van der Waals surface area contributed by atoms with E-state index in [1.54, 1.807) is 24.3 Å². The van der Waals surface area contributed by atoms with Crippen molar-refractivity contribution in [1.29, 1.82) is 0 Å². The van der Waals surface area contributed by atoms with E-state index in [0.29, 0.717) is 17.7 Å². The zero-order chi connectivity index (χ0) is 21.8. The van der Waals surface area contributed by atoms with E-state index < -0.39 is 11.8 Å². The molecule has 0 spiro atoms. The van der Waals surface area contributed by atoms with E-state index in [4.69, 9.17) is 11.6 Å². The lowest BCUT2D eigenvalue weighted by Crippen LogP contribution is -2.47. The lowest BCUT2D eigenvalue weighted by atomic mass is 10.1. The van der Waals surface area contributed by atoms with Gasteiger partial charge in [0.2, 0.25) is 5.91 Å². The van der Waals surface area contributed by atoms with Crippen LogP contribution in [0.1, 0.15) is 27.1 Å². The van der Waals surface area contributed by atoms with Gasteiger partial charge in [-0.1, -0.05) is 23.7 Å². The van der Waals surface area contributed by atoms with E-state index in [1.165, 1.54) is 5.69 Å². The molecule has 2 aliphatic rings. The van der Waals surface area contributed by atoms with E-state index in [0.717, 1.165) is 49.1 Å². The molecule has 2 aromatic carbocycles. The molecule has 0 unspecified atom stereocenters. The maximum Gasteiger partial charge on any atom is 0.262 e. The Kier molecular flexibility index (Phi) is 6.53. The van der Waals surface area contributed by atoms with Crippen LogP contribution in [0.2, 0.25) is 5.02 Å². The van der Waals surface area contributed by atoms with E-state index in [1.807, 2.05) is 24.3 Å². The lowest BCUT2D eigenvalue weighted by Gasteiger charge is -2.36. The van der Waals surface area contributed by atoms with Gasteiger partial charge in [-0.3, -0.25) is 24.2 Å². The van der Waals surface area contributed by atoms with Gasteiger partial charge in [-0.25, -0.2) is 0 Å². The zero-order valence-electron chi connectivity index (χ0n) is 17.2. The van der Waals surface area contributed by atoms with Crippen molar-refractivity contribution in [3.05, 3.63) is 64.7 Å². The number of imide groups is 1. The topological polar surface area (TPSA) is 73.0 Å². The molecule has 1 saturated heterocycles. The Labute approximate surface area is 186 Å². The molecular weight excluding hydrogens is 416 g/mol. The fraction of sp³-hybridized carbons (Fsp3) is 0.348. The molecule has 162 valence electrons. The van der Waals surface area contributed by atoms with Crippen LogP contribution in [0.3, 0.4) is 0 Å². The number of rotatable bonds is 7. The molecule has 4 rings (SSSR count). The summed E-state index contributed by atoms with van der Waals surface area (Å²) >= 11 is 5.96. The number of anilines is 1. The van der Waals surface area contributed by atoms with Crippen LogP contribution in [0.5, 0.6) is 0 Å². The molecule has 0 radical (unpaired) electrons. The molecule has 8 heteroatoms. The van der Waals surface area contributed by atoms with Crippen LogP contribution in [0.15, 0.2) is 48.5 Å². The van der Waals surface area contributed by atoms with Crippen LogP contribution in [-0.4, -0.2) is 73.3 Å². The average Bonchev–Trinajstić information content (AvgIpc) is 3.03. The second-order valence-corrected chi connectivity index (χ2v) is 8.19. The molecule has 2 aromatic rings. The Bertz CT molecular complexity index is 936. The third-order valence-electron chi connectivity index (χ3n) is 5.72. The van der Waals surface area contributed by atoms with Gasteiger partial charge in [-0.2, -0.15) is 0 Å². The minimum absolute atomic E-state index is 0.244. The second-order valence-electron chi connectivity index (χ2n) is 7.75. The number of carbonyl (C=O) groups is 3. The van der Waals surface area contributed by atoms with Crippen molar-refractivity contribution < 1.29 is 14.4 Å². The Morgan fingerprint density at radius 1 is 0.903 bits per heavy atom. The van der Waals surface area contributed by atoms with Crippen molar-refractivity contribution in [3.8, 4) is 0 Å². The number of nitrogens with one attached hydrogen (secondary N) is 1.